The minimum atomic E-state index is -0.277. The Morgan fingerprint density at radius 2 is 0.943 bits per heavy atom. The molecule has 10 rings (SSSR count). The van der Waals surface area contributed by atoms with E-state index in [1.54, 1.807) is 0 Å². The molecule has 2 aromatic heterocycles. The lowest BCUT2D eigenvalue weighted by Crippen LogP contribution is -2.50. The quantitative estimate of drug-likeness (QED) is 0.180. The Morgan fingerprint density at radius 3 is 1.60 bits per heavy atom. The van der Waals surface area contributed by atoms with E-state index in [4.69, 9.17) is 4.98 Å². The Balaban J connectivity index is 1.19. The number of fused-ring (bicyclic) bond motifs is 6. The maximum atomic E-state index is 5.48. The van der Waals surface area contributed by atoms with Crippen molar-refractivity contribution in [1.82, 2.24) is 14.1 Å². The number of benzene rings is 7. The summed E-state index contributed by atoms with van der Waals surface area (Å²) < 4.78 is 4.88. The SMILES string of the molecule is CC1(C)N(c2ccc3c(c2)c2cc(-c4ccccc4)ccc2n3-c2ccc(-c3ccccc3)cc2)c2nc3c(-c4ccccc4)cccc3n2C1(C)C. The lowest BCUT2D eigenvalue weighted by atomic mass is 9.82. The van der Waals surface area contributed by atoms with Gasteiger partial charge in [-0.05, 0) is 104 Å². The van der Waals surface area contributed by atoms with Crippen molar-refractivity contribution >= 4 is 44.5 Å². The molecule has 0 unspecified atom stereocenters. The van der Waals surface area contributed by atoms with Crippen molar-refractivity contribution < 1.29 is 0 Å². The van der Waals surface area contributed by atoms with Gasteiger partial charge in [-0.1, -0.05) is 121 Å². The number of para-hydroxylation sites is 1. The normalized spacial score (nSPS) is 14.7. The summed E-state index contributed by atoms with van der Waals surface area (Å²) in [7, 11) is 0. The van der Waals surface area contributed by atoms with E-state index in [9.17, 15) is 0 Å². The molecule has 256 valence electrons. The van der Waals surface area contributed by atoms with Gasteiger partial charge in [-0.25, -0.2) is 4.98 Å². The number of aromatic nitrogens is 3. The molecule has 0 saturated carbocycles. The van der Waals surface area contributed by atoms with Crippen LogP contribution in [0.4, 0.5) is 11.6 Å². The van der Waals surface area contributed by atoms with Crippen molar-refractivity contribution in [2.75, 3.05) is 4.90 Å². The van der Waals surface area contributed by atoms with Gasteiger partial charge in [0, 0.05) is 27.7 Å². The molecule has 4 heteroatoms. The first-order valence-corrected chi connectivity index (χ1v) is 18.5. The number of hydrogen-bond acceptors (Lipinski definition) is 2. The third-order valence-corrected chi connectivity index (χ3v) is 11.9. The van der Waals surface area contributed by atoms with Gasteiger partial charge in [-0.3, -0.25) is 0 Å². The molecular weight excluding hydrogens is 645 g/mol. The molecule has 0 fully saturated rings. The van der Waals surface area contributed by atoms with Crippen LogP contribution in [0.2, 0.25) is 0 Å². The van der Waals surface area contributed by atoms with E-state index in [-0.39, 0.29) is 11.1 Å². The number of hydrogen-bond donors (Lipinski definition) is 0. The zero-order valence-corrected chi connectivity index (χ0v) is 30.5. The molecule has 0 amide bonds. The summed E-state index contributed by atoms with van der Waals surface area (Å²) in [6.45, 7) is 9.40. The topological polar surface area (TPSA) is 26.0 Å². The fourth-order valence-electron chi connectivity index (χ4n) is 8.55. The number of imidazole rings is 1. The van der Waals surface area contributed by atoms with Gasteiger partial charge in [0.05, 0.1) is 33.1 Å². The van der Waals surface area contributed by atoms with Gasteiger partial charge in [0.1, 0.15) is 0 Å². The Bertz CT molecular complexity index is 2810. The van der Waals surface area contributed by atoms with Crippen LogP contribution < -0.4 is 4.90 Å². The molecule has 0 bridgehead atoms. The van der Waals surface area contributed by atoms with E-state index >= 15 is 0 Å². The third-order valence-electron chi connectivity index (χ3n) is 11.9. The largest absolute Gasteiger partial charge is 0.309 e. The van der Waals surface area contributed by atoms with E-state index < -0.39 is 0 Å². The van der Waals surface area contributed by atoms with Crippen LogP contribution in [-0.4, -0.2) is 19.7 Å². The average molecular weight is 685 g/mol. The summed E-state index contributed by atoms with van der Waals surface area (Å²) in [4.78, 5) is 7.96. The van der Waals surface area contributed by atoms with Crippen LogP contribution in [0.25, 0.3) is 71.9 Å². The van der Waals surface area contributed by atoms with Gasteiger partial charge in [0.25, 0.3) is 0 Å². The zero-order valence-electron chi connectivity index (χ0n) is 30.5. The molecule has 4 nitrogen and oxygen atoms in total. The van der Waals surface area contributed by atoms with Crippen LogP contribution in [0, 0.1) is 0 Å². The lowest BCUT2D eigenvalue weighted by molar-refractivity contribution is 0.253. The summed E-state index contributed by atoms with van der Waals surface area (Å²) >= 11 is 0. The predicted octanol–water partition coefficient (Wildman–Crippen LogP) is 12.8. The molecule has 9 aromatic rings. The van der Waals surface area contributed by atoms with E-state index in [2.05, 4.69) is 212 Å². The van der Waals surface area contributed by atoms with Crippen LogP contribution in [-0.2, 0) is 5.54 Å². The molecular formula is C49H40N4. The van der Waals surface area contributed by atoms with Crippen molar-refractivity contribution in [1.29, 1.82) is 0 Å². The zero-order chi connectivity index (χ0) is 35.9. The third kappa shape index (κ3) is 4.65. The van der Waals surface area contributed by atoms with Gasteiger partial charge >= 0.3 is 0 Å². The Morgan fingerprint density at radius 1 is 0.415 bits per heavy atom. The average Bonchev–Trinajstić information content (AvgIpc) is 3.79. The first-order chi connectivity index (χ1) is 25.8. The summed E-state index contributed by atoms with van der Waals surface area (Å²) in [5.41, 5.74) is 13.5. The van der Waals surface area contributed by atoms with E-state index in [0.29, 0.717) is 0 Å². The Hall–Kier alpha value is -6.39. The fraction of sp³-hybridized carbons (Fsp3) is 0.122. The molecule has 1 aliphatic heterocycles. The van der Waals surface area contributed by atoms with Crippen LogP contribution in [0.15, 0.2) is 170 Å². The van der Waals surface area contributed by atoms with Gasteiger partial charge in [0.2, 0.25) is 5.95 Å². The second kappa shape index (κ2) is 11.6. The van der Waals surface area contributed by atoms with Gasteiger partial charge in [0.15, 0.2) is 0 Å². The van der Waals surface area contributed by atoms with E-state index in [1.165, 1.54) is 49.6 Å². The lowest BCUT2D eigenvalue weighted by Gasteiger charge is -2.41. The predicted molar refractivity (Wildman–Crippen MR) is 222 cm³/mol. The van der Waals surface area contributed by atoms with E-state index in [0.717, 1.165) is 33.9 Å². The smallest absolute Gasteiger partial charge is 0.212 e. The molecule has 0 radical (unpaired) electrons. The standard InChI is InChI=1S/C49H40N4/c1-48(2)49(3,4)53-45-22-14-21-40(36-19-12-7-13-20-36)46(45)50-47(53)52(48)39-28-30-44-42(32-39)41-31-37(34-17-10-6-11-18-34)25-29-43(41)51(44)38-26-23-35(24-27-38)33-15-8-5-9-16-33/h5-32H,1-4H3. The Labute approximate surface area is 310 Å². The highest BCUT2D eigenvalue weighted by Gasteiger charge is 2.53. The molecule has 0 saturated heterocycles. The Kier molecular flexibility index (Phi) is 6.84. The maximum absolute atomic E-state index is 5.48. The van der Waals surface area contributed by atoms with Crippen LogP contribution in [0.5, 0.6) is 0 Å². The van der Waals surface area contributed by atoms with Crippen LogP contribution in [0.3, 0.4) is 0 Å². The van der Waals surface area contributed by atoms with E-state index in [1.807, 2.05) is 0 Å². The number of rotatable bonds is 5. The first kappa shape index (κ1) is 31.4. The van der Waals surface area contributed by atoms with Gasteiger partial charge in [-0.2, -0.15) is 0 Å². The maximum Gasteiger partial charge on any atom is 0.212 e. The van der Waals surface area contributed by atoms with Crippen molar-refractivity contribution in [3.8, 4) is 39.1 Å². The van der Waals surface area contributed by atoms with Gasteiger partial charge in [-0.15, -0.1) is 0 Å². The van der Waals surface area contributed by atoms with Crippen LogP contribution in [0.1, 0.15) is 27.7 Å². The highest BCUT2D eigenvalue weighted by atomic mass is 15.4. The van der Waals surface area contributed by atoms with Crippen molar-refractivity contribution in [3.05, 3.63) is 170 Å². The summed E-state index contributed by atoms with van der Waals surface area (Å²) in [6.07, 6.45) is 0. The highest BCUT2D eigenvalue weighted by molar-refractivity contribution is 6.12. The van der Waals surface area contributed by atoms with Crippen LogP contribution >= 0.6 is 0 Å². The number of anilines is 2. The summed E-state index contributed by atoms with van der Waals surface area (Å²) in [5.74, 6) is 0.975. The second-order valence-corrected chi connectivity index (χ2v) is 15.3. The molecule has 7 aromatic carbocycles. The highest BCUT2D eigenvalue weighted by Crippen LogP contribution is 2.53. The second-order valence-electron chi connectivity index (χ2n) is 15.3. The summed E-state index contributed by atoms with van der Waals surface area (Å²) in [5, 5.41) is 2.45. The molecule has 0 spiro atoms. The minimum absolute atomic E-state index is 0.254. The van der Waals surface area contributed by atoms with Crippen molar-refractivity contribution in [2.45, 2.75) is 38.8 Å². The molecule has 3 heterocycles. The first-order valence-electron chi connectivity index (χ1n) is 18.5. The van der Waals surface area contributed by atoms with Gasteiger partial charge < -0.3 is 14.0 Å². The van der Waals surface area contributed by atoms with Crippen molar-refractivity contribution in [2.24, 2.45) is 0 Å². The minimum Gasteiger partial charge on any atom is -0.309 e. The molecule has 0 aliphatic carbocycles. The monoisotopic (exact) mass is 684 g/mol. The molecule has 1 aliphatic rings. The fourth-order valence-corrected chi connectivity index (χ4v) is 8.55. The van der Waals surface area contributed by atoms with Crippen molar-refractivity contribution in [3.63, 3.8) is 0 Å². The number of nitrogens with zero attached hydrogens (tertiary/aromatic N) is 4. The molecule has 53 heavy (non-hydrogen) atoms. The molecule has 0 N–H and O–H groups in total. The summed E-state index contributed by atoms with van der Waals surface area (Å²) in [6, 6.07) is 61.4. The molecule has 0 atom stereocenters.